The number of methoxy groups -OCH3 is 1. The second kappa shape index (κ2) is 4.97. The standard InChI is InChI=1S/C12H20N2O2/c1-3-13-8-10-11(16-9-14-10)7-12(15-2)5-4-6-12/h9,13H,3-8H2,1-2H3. The molecule has 0 unspecified atom stereocenters. The van der Waals surface area contributed by atoms with E-state index in [-0.39, 0.29) is 5.60 Å². The van der Waals surface area contributed by atoms with Gasteiger partial charge in [-0.1, -0.05) is 6.92 Å². The van der Waals surface area contributed by atoms with Crippen molar-refractivity contribution >= 4 is 0 Å². The highest BCUT2D eigenvalue weighted by Crippen LogP contribution is 2.38. The topological polar surface area (TPSA) is 47.3 Å². The molecule has 1 aliphatic rings. The predicted octanol–water partition coefficient (Wildman–Crippen LogP) is 1.90. The lowest BCUT2D eigenvalue weighted by molar-refractivity contribution is -0.0739. The van der Waals surface area contributed by atoms with Crippen LogP contribution in [0.1, 0.15) is 37.6 Å². The molecule has 90 valence electrons. The maximum Gasteiger partial charge on any atom is 0.181 e. The summed E-state index contributed by atoms with van der Waals surface area (Å²) in [5.74, 6) is 0.975. The van der Waals surface area contributed by atoms with E-state index in [2.05, 4.69) is 17.2 Å². The average Bonchev–Trinajstić information content (AvgIpc) is 2.68. The third kappa shape index (κ3) is 2.28. The summed E-state index contributed by atoms with van der Waals surface area (Å²) < 4.78 is 11.1. The fraction of sp³-hybridized carbons (Fsp3) is 0.750. The van der Waals surface area contributed by atoms with Crippen molar-refractivity contribution in [3.63, 3.8) is 0 Å². The zero-order valence-electron chi connectivity index (χ0n) is 10.1. The molecule has 0 aromatic carbocycles. The number of rotatable bonds is 6. The van der Waals surface area contributed by atoms with Gasteiger partial charge in [0.25, 0.3) is 0 Å². The fourth-order valence-electron chi connectivity index (χ4n) is 2.14. The summed E-state index contributed by atoms with van der Waals surface area (Å²) >= 11 is 0. The molecule has 0 bridgehead atoms. The summed E-state index contributed by atoms with van der Waals surface area (Å²) in [7, 11) is 1.79. The molecule has 0 aliphatic heterocycles. The zero-order valence-corrected chi connectivity index (χ0v) is 10.1. The minimum Gasteiger partial charge on any atom is -0.448 e. The van der Waals surface area contributed by atoms with E-state index in [4.69, 9.17) is 9.15 Å². The van der Waals surface area contributed by atoms with Crippen LogP contribution in [0.5, 0.6) is 0 Å². The SMILES string of the molecule is CCNCc1ncoc1CC1(OC)CCC1. The third-order valence-corrected chi connectivity index (χ3v) is 3.45. The molecule has 4 heteroatoms. The van der Waals surface area contributed by atoms with Crippen LogP contribution < -0.4 is 5.32 Å². The summed E-state index contributed by atoms with van der Waals surface area (Å²) in [6, 6.07) is 0. The van der Waals surface area contributed by atoms with E-state index >= 15 is 0 Å². The number of hydrogen-bond donors (Lipinski definition) is 1. The number of oxazole rings is 1. The van der Waals surface area contributed by atoms with Crippen molar-refractivity contribution in [3.8, 4) is 0 Å². The van der Waals surface area contributed by atoms with E-state index in [0.717, 1.165) is 43.8 Å². The highest BCUT2D eigenvalue weighted by molar-refractivity contribution is 5.12. The molecule has 1 fully saturated rings. The quantitative estimate of drug-likeness (QED) is 0.801. The van der Waals surface area contributed by atoms with Gasteiger partial charge in [-0.15, -0.1) is 0 Å². The number of nitrogens with one attached hydrogen (secondary N) is 1. The Bertz CT molecular complexity index is 326. The van der Waals surface area contributed by atoms with Gasteiger partial charge in [-0.2, -0.15) is 0 Å². The van der Waals surface area contributed by atoms with Crippen molar-refractivity contribution in [1.82, 2.24) is 10.3 Å². The van der Waals surface area contributed by atoms with Gasteiger partial charge in [0.15, 0.2) is 6.39 Å². The molecule has 0 spiro atoms. The van der Waals surface area contributed by atoms with E-state index in [1.54, 1.807) is 7.11 Å². The van der Waals surface area contributed by atoms with Crippen LogP contribution in [0.3, 0.4) is 0 Å². The Kier molecular flexibility index (Phi) is 3.61. The monoisotopic (exact) mass is 224 g/mol. The minimum atomic E-state index is 0.0144. The molecule has 1 aliphatic carbocycles. The normalized spacial score (nSPS) is 18.4. The smallest absolute Gasteiger partial charge is 0.181 e. The van der Waals surface area contributed by atoms with Gasteiger partial charge in [-0.05, 0) is 25.8 Å². The lowest BCUT2D eigenvalue weighted by Gasteiger charge is -2.40. The molecule has 1 N–H and O–H groups in total. The molecule has 0 amide bonds. The first-order valence-corrected chi connectivity index (χ1v) is 5.97. The number of nitrogens with zero attached hydrogens (tertiary/aromatic N) is 1. The number of aromatic nitrogens is 1. The van der Waals surface area contributed by atoms with Gasteiger partial charge in [-0.3, -0.25) is 0 Å². The van der Waals surface area contributed by atoms with Crippen LogP contribution in [-0.4, -0.2) is 24.2 Å². The van der Waals surface area contributed by atoms with Crippen molar-refractivity contribution in [3.05, 3.63) is 17.8 Å². The van der Waals surface area contributed by atoms with Crippen LogP contribution in [0, 0.1) is 0 Å². The second-order valence-electron chi connectivity index (χ2n) is 4.42. The zero-order chi connectivity index (χ0) is 11.4. The Morgan fingerprint density at radius 3 is 2.94 bits per heavy atom. The van der Waals surface area contributed by atoms with Crippen molar-refractivity contribution in [2.24, 2.45) is 0 Å². The first-order chi connectivity index (χ1) is 7.79. The molecule has 0 saturated heterocycles. The van der Waals surface area contributed by atoms with Gasteiger partial charge in [0.2, 0.25) is 0 Å². The van der Waals surface area contributed by atoms with E-state index < -0.39 is 0 Å². The Balaban J connectivity index is 2.00. The van der Waals surface area contributed by atoms with Crippen LogP contribution in [0.4, 0.5) is 0 Å². The molecule has 16 heavy (non-hydrogen) atoms. The Morgan fingerprint density at radius 1 is 1.56 bits per heavy atom. The van der Waals surface area contributed by atoms with Crippen molar-refractivity contribution in [2.75, 3.05) is 13.7 Å². The van der Waals surface area contributed by atoms with Crippen molar-refractivity contribution in [1.29, 1.82) is 0 Å². The molecular weight excluding hydrogens is 204 g/mol. The van der Waals surface area contributed by atoms with Crippen molar-refractivity contribution in [2.45, 2.75) is 44.8 Å². The Hall–Kier alpha value is -0.870. The fourth-order valence-corrected chi connectivity index (χ4v) is 2.14. The molecule has 1 saturated carbocycles. The van der Waals surface area contributed by atoms with E-state index in [0.29, 0.717) is 0 Å². The van der Waals surface area contributed by atoms with Gasteiger partial charge >= 0.3 is 0 Å². The summed E-state index contributed by atoms with van der Waals surface area (Å²) in [5, 5.41) is 3.27. The lowest BCUT2D eigenvalue weighted by atomic mass is 9.77. The van der Waals surface area contributed by atoms with E-state index in [1.165, 1.54) is 12.8 Å². The average molecular weight is 224 g/mol. The third-order valence-electron chi connectivity index (χ3n) is 3.45. The summed E-state index contributed by atoms with van der Waals surface area (Å²) in [6.45, 7) is 3.81. The molecule has 1 aromatic rings. The number of ether oxygens (including phenoxy) is 1. The van der Waals surface area contributed by atoms with Crippen LogP contribution >= 0.6 is 0 Å². The molecular formula is C12H20N2O2. The summed E-state index contributed by atoms with van der Waals surface area (Å²) in [5.41, 5.74) is 1.03. The highest BCUT2D eigenvalue weighted by Gasteiger charge is 2.38. The minimum absolute atomic E-state index is 0.0144. The highest BCUT2D eigenvalue weighted by atomic mass is 16.5. The Morgan fingerprint density at radius 2 is 2.38 bits per heavy atom. The van der Waals surface area contributed by atoms with Gasteiger partial charge in [0.1, 0.15) is 5.76 Å². The molecule has 0 radical (unpaired) electrons. The maximum absolute atomic E-state index is 5.60. The first-order valence-electron chi connectivity index (χ1n) is 5.97. The lowest BCUT2D eigenvalue weighted by Crippen LogP contribution is -2.41. The molecule has 1 aromatic heterocycles. The summed E-state index contributed by atoms with van der Waals surface area (Å²) in [6.07, 6.45) is 5.90. The van der Waals surface area contributed by atoms with Crippen LogP contribution in [0.25, 0.3) is 0 Å². The van der Waals surface area contributed by atoms with E-state index in [1.807, 2.05) is 0 Å². The molecule has 2 rings (SSSR count). The summed E-state index contributed by atoms with van der Waals surface area (Å²) in [4.78, 5) is 4.25. The van der Waals surface area contributed by atoms with Gasteiger partial charge in [0.05, 0.1) is 11.3 Å². The van der Waals surface area contributed by atoms with Crippen LogP contribution in [-0.2, 0) is 17.7 Å². The van der Waals surface area contributed by atoms with Gasteiger partial charge in [-0.25, -0.2) is 4.98 Å². The van der Waals surface area contributed by atoms with Gasteiger partial charge < -0.3 is 14.5 Å². The molecule has 4 nitrogen and oxygen atoms in total. The van der Waals surface area contributed by atoms with Crippen LogP contribution in [0.2, 0.25) is 0 Å². The first kappa shape index (κ1) is 11.6. The maximum atomic E-state index is 5.60. The predicted molar refractivity (Wildman–Crippen MR) is 61.2 cm³/mol. The van der Waals surface area contributed by atoms with Gasteiger partial charge in [0, 0.05) is 20.1 Å². The second-order valence-corrected chi connectivity index (χ2v) is 4.42. The molecule has 1 heterocycles. The Labute approximate surface area is 96.4 Å². The van der Waals surface area contributed by atoms with E-state index in [9.17, 15) is 0 Å². The largest absolute Gasteiger partial charge is 0.448 e. The van der Waals surface area contributed by atoms with Crippen molar-refractivity contribution < 1.29 is 9.15 Å². The molecule has 0 atom stereocenters. The number of hydrogen-bond acceptors (Lipinski definition) is 4. The van der Waals surface area contributed by atoms with Crippen LogP contribution in [0.15, 0.2) is 10.8 Å².